The minimum absolute atomic E-state index is 0.374. The average Bonchev–Trinajstić information content (AvgIpc) is 2.31. The number of hydrogen-bond acceptors (Lipinski definition) is 2. The summed E-state index contributed by atoms with van der Waals surface area (Å²) in [6.45, 7) is 5.11. The van der Waals surface area contributed by atoms with Crippen molar-refractivity contribution in [3.8, 4) is 0 Å². The van der Waals surface area contributed by atoms with Crippen LogP contribution in [0, 0.1) is 5.92 Å². The van der Waals surface area contributed by atoms with Gasteiger partial charge in [-0.25, -0.2) is 0 Å². The number of hydrogen-bond donors (Lipinski definition) is 1. The Balaban J connectivity index is 1.88. The molecule has 0 aromatic heterocycles. The summed E-state index contributed by atoms with van der Waals surface area (Å²) in [7, 11) is 0. The molecule has 1 aliphatic rings. The molecule has 0 saturated carbocycles. The number of rotatable bonds is 3. The molecule has 1 heterocycles. The zero-order valence-electron chi connectivity index (χ0n) is 9.28. The Hall–Kier alpha value is -0.860. The van der Waals surface area contributed by atoms with Gasteiger partial charge in [-0.1, -0.05) is 37.3 Å². The van der Waals surface area contributed by atoms with Gasteiger partial charge < -0.3 is 10.1 Å². The maximum atomic E-state index is 5.75. The standard InChI is InChI=1S/C13H19NO/c1-11(13-10-14-7-8-15-13)9-12-5-3-2-4-6-12/h2-6,11,13-14H,7-10H2,1H3. The first-order chi connectivity index (χ1) is 7.36. The summed E-state index contributed by atoms with van der Waals surface area (Å²) in [5.41, 5.74) is 1.40. The molecule has 0 bridgehead atoms. The second-order valence-electron chi connectivity index (χ2n) is 4.28. The molecular weight excluding hydrogens is 186 g/mol. The molecule has 2 atom stereocenters. The molecule has 2 heteroatoms. The summed E-state index contributed by atoms with van der Waals surface area (Å²) in [4.78, 5) is 0. The Morgan fingerprint density at radius 1 is 1.40 bits per heavy atom. The fraction of sp³-hybridized carbons (Fsp3) is 0.538. The fourth-order valence-electron chi connectivity index (χ4n) is 2.07. The van der Waals surface area contributed by atoms with E-state index in [-0.39, 0.29) is 0 Å². The van der Waals surface area contributed by atoms with Crippen LogP contribution in [-0.2, 0) is 11.2 Å². The zero-order chi connectivity index (χ0) is 10.5. The lowest BCUT2D eigenvalue weighted by Gasteiger charge is -2.28. The van der Waals surface area contributed by atoms with E-state index >= 15 is 0 Å². The van der Waals surface area contributed by atoms with Crippen molar-refractivity contribution in [1.82, 2.24) is 5.32 Å². The Morgan fingerprint density at radius 2 is 2.20 bits per heavy atom. The summed E-state index contributed by atoms with van der Waals surface area (Å²) in [6, 6.07) is 10.6. The smallest absolute Gasteiger partial charge is 0.0728 e. The predicted molar refractivity (Wildman–Crippen MR) is 61.9 cm³/mol. The van der Waals surface area contributed by atoms with Gasteiger partial charge in [-0.3, -0.25) is 0 Å². The van der Waals surface area contributed by atoms with Crippen LogP contribution in [0.15, 0.2) is 30.3 Å². The van der Waals surface area contributed by atoms with Crippen LogP contribution in [0.3, 0.4) is 0 Å². The van der Waals surface area contributed by atoms with Crippen molar-refractivity contribution < 1.29 is 4.74 Å². The van der Waals surface area contributed by atoms with Gasteiger partial charge >= 0.3 is 0 Å². The van der Waals surface area contributed by atoms with Gasteiger partial charge in [0.25, 0.3) is 0 Å². The van der Waals surface area contributed by atoms with Crippen LogP contribution in [-0.4, -0.2) is 25.8 Å². The highest BCUT2D eigenvalue weighted by molar-refractivity contribution is 5.15. The Labute approximate surface area is 91.6 Å². The number of benzene rings is 1. The molecule has 2 unspecified atom stereocenters. The topological polar surface area (TPSA) is 21.3 Å². The van der Waals surface area contributed by atoms with Gasteiger partial charge in [-0.15, -0.1) is 0 Å². The number of ether oxygens (including phenoxy) is 1. The molecular formula is C13H19NO. The third-order valence-corrected chi connectivity index (χ3v) is 2.99. The third kappa shape index (κ3) is 3.05. The maximum Gasteiger partial charge on any atom is 0.0728 e. The second-order valence-corrected chi connectivity index (χ2v) is 4.28. The van der Waals surface area contributed by atoms with Crippen LogP contribution in [0.4, 0.5) is 0 Å². The molecule has 1 fully saturated rings. The molecule has 0 amide bonds. The summed E-state index contributed by atoms with van der Waals surface area (Å²) in [5, 5.41) is 3.38. The molecule has 1 aromatic rings. The molecule has 0 radical (unpaired) electrons. The van der Waals surface area contributed by atoms with Gasteiger partial charge in [-0.05, 0) is 17.9 Å². The number of nitrogens with one attached hydrogen (secondary N) is 1. The second kappa shape index (κ2) is 5.29. The van der Waals surface area contributed by atoms with Crippen LogP contribution >= 0.6 is 0 Å². The molecule has 1 saturated heterocycles. The molecule has 1 N–H and O–H groups in total. The molecule has 15 heavy (non-hydrogen) atoms. The van der Waals surface area contributed by atoms with Crippen LogP contribution in [0.25, 0.3) is 0 Å². The Morgan fingerprint density at radius 3 is 2.87 bits per heavy atom. The van der Waals surface area contributed by atoms with Crippen LogP contribution in [0.5, 0.6) is 0 Å². The first-order valence-electron chi connectivity index (χ1n) is 5.72. The van der Waals surface area contributed by atoms with Crippen molar-refractivity contribution in [3.63, 3.8) is 0 Å². The Kier molecular flexibility index (Phi) is 3.75. The maximum absolute atomic E-state index is 5.75. The molecule has 1 aromatic carbocycles. The van der Waals surface area contributed by atoms with Gasteiger partial charge in [0, 0.05) is 13.1 Å². The van der Waals surface area contributed by atoms with E-state index < -0.39 is 0 Å². The van der Waals surface area contributed by atoms with Gasteiger partial charge in [0.15, 0.2) is 0 Å². The molecule has 1 aliphatic heterocycles. The highest BCUT2D eigenvalue weighted by Gasteiger charge is 2.20. The lowest BCUT2D eigenvalue weighted by atomic mass is 9.95. The summed E-state index contributed by atoms with van der Waals surface area (Å²) in [5.74, 6) is 0.584. The van der Waals surface area contributed by atoms with Gasteiger partial charge in [0.2, 0.25) is 0 Å². The summed E-state index contributed by atoms with van der Waals surface area (Å²) < 4.78 is 5.75. The monoisotopic (exact) mass is 205 g/mol. The first kappa shape index (κ1) is 10.7. The van der Waals surface area contributed by atoms with Gasteiger partial charge in [-0.2, -0.15) is 0 Å². The molecule has 82 valence electrons. The molecule has 2 rings (SSSR count). The molecule has 0 aliphatic carbocycles. The summed E-state index contributed by atoms with van der Waals surface area (Å²) in [6.07, 6.45) is 1.48. The van der Waals surface area contributed by atoms with Crippen LogP contribution < -0.4 is 5.32 Å². The normalized spacial score (nSPS) is 23.7. The van der Waals surface area contributed by atoms with Crippen LogP contribution in [0.1, 0.15) is 12.5 Å². The van der Waals surface area contributed by atoms with E-state index in [0.717, 1.165) is 26.1 Å². The van der Waals surface area contributed by atoms with E-state index in [2.05, 4.69) is 42.6 Å². The van der Waals surface area contributed by atoms with E-state index in [1.807, 2.05) is 0 Å². The Bertz CT molecular complexity index is 280. The number of morpholine rings is 1. The minimum Gasteiger partial charge on any atom is -0.375 e. The quantitative estimate of drug-likeness (QED) is 0.813. The molecule has 0 spiro atoms. The first-order valence-corrected chi connectivity index (χ1v) is 5.72. The largest absolute Gasteiger partial charge is 0.375 e. The summed E-state index contributed by atoms with van der Waals surface area (Å²) >= 11 is 0. The fourth-order valence-corrected chi connectivity index (χ4v) is 2.07. The lowest BCUT2D eigenvalue weighted by molar-refractivity contribution is -0.00410. The predicted octanol–water partition coefficient (Wildman–Crippen LogP) is 1.85. The SMILES string of the molecule is CC(Cc1ccccc1)C1CNCCO1. The van der Waals surface area contributed by atoms with Crippen molar-refractivity contribution in [1.29, 1.82) is 0 Å². The van der Waals surface area contributed by atoms with E-state index in [1.54, 1.807) is 0 Å². The average molecular weight is 205 g/mol. The van der Waals surface area contributed by atoms with Crippen molar-refractivity contribution in [2.24, 2.45) is 5.92 Å². The minimum atomic E-state index is 0.374. The van der Waals surface area contributed by atoms with Crippen LogP contribution in [0.2, 0.25) is 0 Å². The van der Waals surface area contributed by atoms with Gasteiger partial charge in [0.05, 0.1) is 12.7 Å². The zero-order valence-corrected chi connectivity index (χ0v) is 9.28. The van der Waals surface area contributed by atoms with E-state index in [0.29, 0.717) is 12.0 Å². The van der Waals surface area contributed by atoms with Gasteiger partial charge in [0.1, 0.15) is 0 Å². The lowest BCUT2D eigenvalue weighted by Crippen LogP contribution is -2.42. The molecule has 2 nitrogen and oxygen atoms in total. The third-order valence-electron chi connectivity index (χ3n) is 2.99. The van der Waals surface area contributed by atoms with E-state index in [9.17, 15) is 0 Å². The van der Waals surface area contributed by atoms with Crippen molar-refractivity contribution >= 4 is 0 Å². The van der Waals surface area contributed by atoms with Crippen molar-refractivity contribution in [3.05, 3.63) is 35.9 Å². The van der Waals surface area contributed by atoms with E-state index in [4.69, 9.17) is 4.74 Å². The van der Waals surface area contributed by atoms with E-state index in [1.165, 1.54) is 5.56 Å². The highest BCUT2D eigenvalue weighted by atomic mass is 16.5. The van der Waals surface area contributed by atoms with Crippen molar-refractivity contribution in [2.75, 3.05) is 19.7 Å². The van der Waals surface area contributed by atoms with Crippen molar-refractivity contribution in [2.45, 2.75) is 19.4 Å². The highest BCUT2D eigenvalue weighted by Crippen LogP contribution is 2.15.